The molecular weight excluding hydrogens is 390 g/mol. The van der Waals surface area contributed by atoms with E-state index < -0.39 is 0 Å². The van der Waals surface area contributed by atoms with Crippen LogP contribution in [0.15, 0.2) is 42.5 Å². The van der Waals surface area contributed by atoms with Gasteiger partial charge in [0.1, 0.15) is 17.5 Å². The molecule has 0 spiro atoms. The second-order valence-corrected chi connectivity index (χ2v) is 8.61. The van der Waals surface area contributed by atoms with Crippen molar-refractivity contribution in [1.82, 2.24) is 25.1 Å². The Hall–Kier alpha value is -2.93. The largest absolute Gasteiger partial charge is 0.497 e. The molecule has 0 saturated carbocycles. The summed E-state index contributed by atoms with van der Waals surface area (Å²) in [6.45, 7) is 8.21. The maximum Gasteiger partial charge on any atom is 0.173 e. The molecule has 1 aromatic heterocycles. The molecule has 164 valence electrons. The third-order valence-corrected chi connectivity index (χ3v) is 6.43. The Bertz CT molecular complexity index is 1050. The quantitative estimate of drug-likeness (QED) is 0.575. The molecule has 0 amide bonds. The molecule has 1 aliphatic rings. The Morgan fingerprint density at radius 2 is 1.84 bits per heavy atom. The lowest BCUT2D eigenvalue weighted by Gasteiger charge is -2.37. The van der Waals surface area contributed by atoms with E-state index in [9.17, 15) is 0 Å². The number of benzene rings is 2. The molecule has 4 rings (SSSR count). The van der Waals surface area contributed by atoms with Crippen molar-refractivity contribution in [2.75, 3.05) is 20.8 Å². The fourth-order valence-electron chi connectivity index (χ4n) is 4.24. The van der Waals surface area contributed by atoms with Gasteiger partial charge in [-0.25, -0.2) is 4.68 Å². The van der Waals surface area contributed by atoms with E-state index in [0.717, 1.165) is 48.8 Å². The minimum absolute atomic E-state index is 0.167. The van der Waals surface area contributed by atoms with Crippen molar-refractivity contribution in [2.45, 2.75) is 51.7 Å². The predicted octanol–water partition coefficient (Wildman–Crippen LogP) is 3.98. The average molecular weight is 422 g/mol. The zero-order valence-electron chi connectivity index (χ0n) is 19.0. The number of rotatable bonds is 7. The molecule has 0 N–H and O–H groups in total. The van der Waals surface area contributed by atoms with Gasteiger partial charge in [0.15, 0.2) is 5.82 Å². The van der Waals surface area contributed by atoms with Crippen LogP contribution in [-0.2, 0) is 18.5 Å². The molecule has 1 atom stereocenters. The van der Waals surface area contributed by atoms with Gasteiger partial charge in [-0.3, -0.25) is 4.90 Å². The second kappa shape index (κ2) is 8.67. The van der Waals surface area contributed by atoms with E-state index in [1.807, 2.05) is 22.9 Å². The van der Waals surface area contributed by atoms with Gasteiger partial charge in [-0.05, 0) is 66.4 Å². The third-order valence-electron chi connectivity index (χ3n) is 6.43. The molecule has 2 heterocycles. The lowest BCUT2D eigenvalue weighted by Crippen LogP contribution is -2.39. The average Bonchev–Trinajstić information content (AvgIpc) is 3.29. The zero-order valence-corrected chi connectivity index (χ0v) is 19.0. The van der Waals surface area contributed by atoms with E-state index in [-0.39, 0.29) is 11.6 Å². The summed E-state index contributed by atoms with van der Waals surface area (Å²) < 4.78 is 13.3. The molecular formula is C24H31N5O2. The standard InChI is InChI=1S/C24H31N5O2/c1-6-24(2,3)29-23(25-26-27-29)22(20-15-19(30-4)11-12-21(20)31-5)28-14-13-17-9-7-8-10-18(17)16-28/h7-12,15,22H,6,13-14,16H2,1-5H3. The third kappa shape index (κ3) is 4.02. The number of tetrazole rings is 1. The molecule has 0 radical (unpaired) electrons. The molecule has 31 heavy (non-hydrogen) atoms. The van der Waals surface area contributed by atoms with Crippen LogP contribution in [0.2, 0.25) is 0 Å². The van der Waals surface area contributed by atoms with Gasteiger partial charge in [0, 0.05) is 18.7 Å². The smallest absolute Gasteiger partial charge is 0.173 e. The summed E-state index contributed by atoms with van der Waals surface area (Å²) in [5.74, 6) is 2.40. The van der Waals surface area contributed by atoms with E-state index >= 15 is 0 Å². The maximum absolute atomic E-state index is 5.78. The van der Waals surface area contributed by atoms with Gasteiger partial charge >= 0.3 is 0 Å². The number of aromatic nitrogens is 4. The number of fused-ring (bicyclic) bond motifs is 1. The number of hydrogen-bond donors (Lipinski definition) is 0. The Balaban J connectivity index is 1.87. The molecule has 7 nitrogen and oxygen atoms in total. The highest BCUT2D eigenvalue weighted by molar-refractivity contribution is 5.45. The number of methoxy groups -OCH3 is 2. The van der Waals surface area contributed by atoms with Crippen molar-refractivity contribution in [3.05, 3.63) is 65.0 Å². The summed E-state index contributed by atoms with van der Waals surface area (Å²) in [4.78, 5) is 2.44. The Kier molecular flexibility index (Phi) is 5.96. The van der Waals surface area contributed by atoms with E-state index in [2.05, 4.69) is 65.5 Å². The van der Waals surface area contributed by atoms with Gasteiger partial charge in [-0.2, -0.15) is 0 Å². The van der Waals surface area contributed by atoms with Gasteiger partial charge in [-0.1, -0.05) is 31.2 Å². The first kappa shape index (κ1) is 21.3. The van der Waals surface area contributed by atoms with Crippen LogP contribution in [0.5, 0.6) is 11.5 Å². The summed E-state index contributed by atoms with van der Waals surface area (Å²) >= 11 is 0. The van der Waals surface area contributed by atoms with Crippen molar-refractivity contribution in [3.63, 3.8) is 0 Å². The van der Waals surface area contributed by atoms with Crippen LogP contribution in [0.3, 0.4) is 0 Å². The maximum atomic E-state index is 5.78. The summed E-state index contributed by atoms with van der Waals surface area (Å²) in [5, 5.41) is 13.0. The Morgan fingerprint density at radius 3 is 2.55 bits per heavy atom. The fourth-order valence-corrected chi connectivity index (χ4v) is 4.24. The number of ether oxygens (including phenoxy) is 2. The van der Waals surface area contributed by atoms with Crippen LogP contribution in [0.4, 0.5) is 0 Å². The molecule has 3 aromatic rings. The molecule has 0 fully saturated rings. The van der Waals surface area contributed by atoms with E-state index in [1.54, 1.807) is 14.2 Å². The molecule has 0 bridgehead atoms. The van der Waals surface area contributed by atoms with Crippen LogP contribution in [-0.4, -0.2) is 45.9 Å². The van der Waals surface area contributed by atoms with Gasteiger partial charge in [0.25, 0.3) is 0 Å². The molecule has 7 heteroatoms. The molecule has 2 aromatic carbocycles. The second-order valence-electron chi connectivity index (χ2n) is 8.61. The van der Waals surface area contributed by atoms with Crippen molar-refractivity contribution < 1.29 is 9.47 Å². The van der Waals surface area contributed by atoms with Gasteiger partial charge in [-0.15, -0.1) is 5.10 Å². The monoisotopic (exact) mass is 421 g/mol. The normalized spacial score (nSPS) is 15.4. The molecule has 0 saturated heterocycles. The van der Waals surface area contributed by atoms with Crippen LogP contribution in [0, 0.1) is 0 Å². The molecule has 0 aliphatic carbocycles. The highest BCUT2D eigenvalue weighted by atomic mass is 16.5. The minimum Gasteiger partial charge on any atom is -0.497 e. The van der Waals surface area contributed by atoms with Crippen LogP contribution < -0.4 is 9.47 Å². The summed E-state index contributed by atoms with van der Waals surface area (Å²) in [5.41, 5.74) is 3.54. The fraction of sp³-hybridized carbons (Fsp3) is 0.458. The van der Waals surface area contributed by atoms with Gasteiger partial charge < -0.3 is 9.47 Å². The van der Waals surface area contributed by atoms with Crippen LogP contribution >= 0.6 is 0 Å². The molecule has 1 aliphatic heterocycles. The first-order valence-electron chi connectivity index (χ1n) is 10.8. The number of nitrogens with zero attached hydrogens (tertiary/aromatic N) is 5. The summed E-state index contributed by atoms with van der Waals surface area (Å²) in [6.07, 6.45) is 1.90. The Labute approximate surface area is 184 Å². The SMILES string of the molecule is CCC(C)(C)n1nnnc1C(c1cc(OC)ccc1OC)N1CCc2ccccc2C1. The minimum atomic E-state index is -0.211. The van der Waals surface area contributed by atoms with E-state index in [1.165, 1.54) is 11.1 Å². The van der Waals surface area contributed by atoms with Gasteiger partial charge in [0.2, 0.25) is 0 Å². The van der Waals surface area contributed by atoms with Crippen molar-refractivity contribution in [1.29, 1.82) is 0 Å². The molecule has 1 unspecified atom stereocenters. The van der Waals surface area contributed by atoms with Crippen molar-refractivity contribution >= 4 is 0 Å². The van der Waals surface area contributed by atoms with Crippen molar-refractivity contribution in [2.24, 2.45) is 0 Å². The zero-order chi connectivity index (χ0) is 22.0. The van der Waals surface area contributed by atoms with Crippen molar-refractivity contribution in [3.8, 4) is 11.5 Å². The first-order valence-corrected chi connectivity index (χ1v) is 10.8. The predicted molar refractivity (Wildman–Crippen MR) is 119 cm³/mol. The van der Waals surface area contributed by atoms with Gasteiger partial charge in [0.05, 0.1) is 19.8 Å². The summed E-state index contributed by atoms with van der Waals surface area (Å²) in [6, 6.07) is 14.4. The van der Waals surface area contributed by atoms with E-state index in [0.29, 0.717) is 0 Å². The lowest BCUT2D eigenvalue weighted by molar-refractivity contribution is 0.178. The topological polar surface area (TPSA) is 65.3 Å². The summed E-state index contributed by atoms with van der Waals surface area (Å²) in [7, 11) is 3.38. The first-order chi connectivity index (χ1) is 15.0. The highest BCUT2D eigenvalue weighted by Crippen LogP contribution is 2.39. The van der Waals surface area contributed by atoms with Crippen LogP contribution in [0.1, 0.15) is 55.7 Å². The number of hydrogen-bond acceptors (Lipinski definition) is 6. The highest BCUT2D eigenvalue weighted by Gasteiger charge is 2.35. The lowest BCUT2D eigenvalue weighted by atomic mass is 9.94. The van der Waals surface area contributed by atoms with Crippen LogP contribution in [0.25, 0.3) is 0 Å². The Morgan fingerprint density at radius 1 is 1.06 bits per heavy atom. The van der Waals surface area contributed by atoms with E-state index in [4.69, 9.17) is 9.47 Å².